The highest BCUT2D eigenvalue weighted by Gasteiger charge is 2.19. The maximum absolute atomic E-state index is 9.32. The van der Waals surface area contributed by atoms with Gasteiger partial charge < -0.3 is 9.80 Å². The van der Waals surface area contributed by atoms with Gasteiger partial charge in [-0.1, -0.05) is 24.3 Å². The van der Waals surface area contributed by atoms with E-state index >= 15 is 0 Å². The Kier molecular flexibility index (Phi) is 3.79. The van der Waals surface area contributed by atoms with Crippen LogP contribution in [0.2, 0.25) is 0 Å². The zero-order chi connectivity index (χ0) is 14.7. The summed E-state index contributed by atoms with van der Waals surface area (Å²) in [6, 6.07) is 19.0. The summed E-state index contributed by atoms with van der Waals surface area (Å²) in [6.45, 7) is 5.91. The van der Waals surface area contributed by atoms with E-state index in [1.54, 1.807) is 0 Å². The number of anilines is 2. The number of nitriles is 1. The summed E-state index contributed by atoms with van der Waals surface area (Å²) in [5.74, 6) is 0. The van der Waals surface area contributed by atoms with Crippen molar-refractivity contribution in [3.8, 4) is 6.07 Å². The molecule has 2 aromatic carbocycles. The lowest BCUT2D eigenvalue weighted by atomic mass is 10.1. The van der Waals surface area contributed by atoms with Gasteiger partial charge in [-0.05, 0) is 36.8 Å². The molecule has 0 spiro atoms. The van der Waals surface area contributed by atoms with Gasteiger partial charge in [0.2, 0.25) is 0 Å². The van der Waals surface area contributed by atoms with Crippen LogP contribution in [0.5, 0.6) is 0 Å². The smallest absolute Gasteiger partial charge is 0.101 e. The van der Waals surface area contributed by atoms with Crippen molar-refractivity contribution < 1.29 is 0 Å². The predicted molar refractivity (Wildman–Crippen MR) is 86.8 cm³/mol. The minimum atomic E-state index is 0.781. The van der Waals surface area contributed by atoms with Crippen molar-refractivity contribution in [3.05, 3.63) is 59.7 Å². The van der Waals surface area contributed by atoms with E-state index in [2.05, 4.69) is 52.3 Å². The van der Waals surface area contributed by atoms with E-state index in [0.717, 1.165) is 43.0 Å². The zero-order valence-electron chi connectivity index (χ0n) is 12.3. The topological polar surface area (TPSA) is 30.3 Å². The van der Waals surface area contributed by atoms with Gasteiger partial charge in [-0.2, -0.15) is 5.26 Å². The van der Waals surface area contributed by atoms with Gasteiger partial charge >= 0.3 is 0 Å². The van der Waals surface area contributed by atoms with Crippen LogP contribution in [0.3, 0.4) is 0 Å². The van der Waals surface area contributed by atoms with Crippen LogP contribution in [0.25, 0.3) is 0 Å². The second kappa shape index (κ2) is 5.88. The number of piperazine rings is 1. The van der Waals surface area contributed by atoms with Gasteiger partial charge in [0.1, 0.15) is 6.07 Å². The summed E-state index contributed by atoms with van der Waals surface area (Å²) in [4.78, 5) is 4.72. The molecular formula is C18H19N3. The third-order valence-electron chi connectivity index (χ3n) is 4.01. The molecule has 1 aliphatic heterocycles. The first-order valence-corrected chi connectivity index (χ1v) is 7.33. The van der Waals surface area contributed by atoms with E-state index in [9.17, 15) is 5.26 Å². The van der Waals surface area contributed by atoms with E-state index in [1.807, 2.05) is 19.1 Å². The lowest BCUT2D eigenvalue weighted by Gasteiger charge is -2.37. The number of hydrogen-bond acceptors (Lipinski definition) is 3. The first-order chi connectivity index (χ1) is 10.3. The summed E-state index contributed by atoms with van der Waals surface area (Å²) >= 11 is 0. The molecule has 0 saturated carbocycles. The summed E-state index contributed by atoms with van der Waals surface area (Å²) < 4.78 is 0. The largest absolute Gasteiger partial charge is 0.368 e. The molecule has 1 fully saturated rings. The van der Waals surface area contributed by atoms with Crippen LogP contribution in [-0.2, 0) is 0 Å². The molecule has 0 atom stereocenters. The summed E-state index contributed by atoms with van der Waals surface area (Å²) in [6.07, 6.45) is 0. The number of nitrogens with zero attached hydrogens (tertiary/aromatic N) is 3. The predicted octanol–water partition coefficient (Wildman–Crippen LogP) is 3.19. The molecule has 0 bridgehead atoms. The monoisotopic (exact) mass is 277 g/mol. The first-order valence-electron chi connectivity index (χ1n) is 7.33. The fraction of sp³-hybridized carbons (Fsp3) is 0.278. The molecule has 106 valence electrons. The molecule has 0 N–H and O–H groups in total. The minimum Gasteiger partial charge on any atom is -0.368 e. The number of para-hydroxylation sites is 1. The van der Waals surface area contributed by atoms with Crippen molar-refractivity contribution in [2.45, 2.75) is 6.92 Å². The summed E-state index contributed by atoms with van der Waals surface area (Å²) in [5.41, 5.74) is 4.26. The Morgan fingerprint density at radius 1 is 0.905 bits per heavy atom. The van der Waals surface area contributed by atoms with Gasteiger partial charge in [0.05, 0.1) is 11.3 Å². The minimum absolute atomic E-state index is 0.781. The Balaban J connectivity index is 1.73. The second-order valence-corrected chi connectivity index (χ2v) is 5.44. The highest BCUT2D eigenvalue weighted by atomic mass is 15.3. The van der Waals surface area contributed by atoms with Gasteiger partial charge in [0.15, 0.2) is 0 Å². The molecule has 3 nitrogen and oxygen atoms in total. The third kappa shape index (κ3) is 2.85. The van der Waals surface area contributed by atoms with E-state index in [1.165, 1.54) is 5.69 Å². The van der Waals surface area contributed by atoms with Crippen molar-refractivity contribution in [3.63, 3.8) is 0 Å². The summed E-state index contributed by atoms with van der Waals surface area (Å²) in [5, 5.41) is 9.32. The Hall–Kier alpha value is -2.47. The SMILES string of the molecule is Cc1ccc(N2CCN(c3ccccc3)CC2)c(C#N)c1. The first kappa shape index (κ1) is 13.5. The standard InChI is InChI=1S/C18H19N3/c1-15-7-8-18(16(13-15)14-19)21-11-9-20(10-12-21)17-5-3-2-4-6-17/h2-8,13H,9-12H2,1H3. The number of benzene rings is 2. The lowest BCUT2D eigenvalue weighted by Crippen LogP contribution is -2.46. The van der Waals surface area contributed by atoms with Crippen LogP contribution < -0.4 is 9.80 Å². The zero-order valence-corrected chi connectivity index (χ0v) is 12.3. The third-order valence-corrected chi connectivity index (χ3v) is 4.01. The number of aryl methyl sites for hydroxylation is 1. The van der Waals surface area contributed by atoms with Gasteiger partial charge in [-0.15, -0.1) is 0 Å². The molecule has 1 saturated heterocycles. The molecule has 3 heteroatoms. The Labute approximate surface area is 126 Å². The molecule has 1 heterocycles. The van der Waals surface area contributed by atoms with Crippen LogP contribution in [0.4, 0.5) is 11.4 Å². The molecular weight excluding hydrogens is 258 g/mol. The molecule has 0 aliphatic carbocycles. The fourth-order valence-corrected chi connectivity index (χ4v) is 2.86. The Morgan fingerprint density at radius 3 is 2.24 bits per heavy atom. The number of hydrogen-bond donors (Lipinski definition) is 0. The van der Waals surface area contributed by atoms with Gasteiger partial charge in [0, 0.05) is 31.9 Å². The fourth-order valence-electron chi connectivity index (χ4n) is 2.86. The van der Waals surface area contributed by atoms with Crippen LogP contribution >= 0.6 is 0 Å². The van der Waals surface area contributed by atoms with Gasteiger partial charge in [0.25, 0.3) is 0 Å². The second-order valence-electron chi connectivity index (χ2n) is 5.44. The highest BCUT2D eigenvalue weighted by Crippen LogP contribution is 2.24. The number of rotatable bonds is 2. The molecule has 21 heavy (non-hydrogen) atoms. The Bertz CT molecular complexity index is 650. The van der Waals surface area contributed by atoms with Crippen molar-refractivity contribution >= 4 is 11.4 Å². The van der Waals surface area contributed by atoms with E-state index in [-0.39, 0.29) is 0 Å². The van der Waals surface area contributed by atoms with Crippen molar-refractivity contribution in [2.75, 3.05) is 36.0 Å². The maximum atomic E-state index is 9.32. The maximum Gasteiger partial charge on any atom is 0.101 e. The van der Waals surface area contributed by atoms with E-state index in [0.29, 0.717) is 0 Å². The molecule has 2 aromatic rings. The van der Waals surface area contributed by atoms with E-state index < -0.39 is 0 Å². The van der Waals surface area contributed by atoms with Crippen LogP contribution in [0.1, 0.15) is 11.1 Å². The Morgan fingerprint density at radius 2 is 1.57 bits per heavy atom. The van der Waals surface area contributed by atoms with Gasteiger partial charge in [-0.3, -0.25) is 0 Å². The molecule has 0 unspecified atom stereocenters. The van der Waals surface area contributed by atoms with Crippen molar-refractivity contribution in [1.82, 2.24) is 0 Å². The van der Waals surface area contributed by atoms with Crippen LogP contribution in [-0.4, -0.2) is 26.2 Å². The molecule has 0 aromatic heterocycles. The highest BCUT2D eigenvalue weighted by molar-refractivity contribution is 5.61. The van der Waals surface area contributed by atoms with Crippen LogP contribution in [0, 0.1) is 18.3 Å². The van der Waals surface area contributed by atoms with Crippen molar-refractivity contribution in [2.24, 2.45) is 0 Å². The quantitative estimate of drug-likeness (QED) is 0.844. The molecule has 1 aliphatic rings. The average Bonchev–Trinajstić information content (AvgIpc) is 2.56. The molecule has 0 amide bonds. The average molecular weight is 277 g/mol. The van der Waals surface area contributed by atoms with E-state index in [4.69, 9.17) is 0 Å². The normalized spacial score (nSPS) is 14.9. The van der Waals surface area contributed by atoms with Crippen molar-refractivity contribution in [1.29, 1.82) is 5.26 Å². The lowest BCUT2D eigenvalue weighted by molar-refractivity contribution is 0.653. The van der Waals surface area contributed by atoms with Gasteiger partial charge in [-0.25, -0.2) is 0 Å². The summed E-state index contributed by atoms with van der Waals surface area (Å²) in [7, 11) is 0. The van der Waals surface area contributed by atoms with Crippen LogP contribution in [0.15, 0.2) is 48.5 Å². The molecule has 3 rings (SSSR count). The molecule has 0 radical (unpaired) electrons.